The Balaban J connectivity index is 2.41. The predicted molar refractivity (Wildman–Crippen MR) is 65.8 cm³/mol. The van der Waals surface area contributed by atoms with Gasteiger partial charge in [0.2, 0.25) is 0 Å². The SMILES string of the molecule is C=C(C)CCOCC(=O)c1ccccc1C. The van der Waals surface area contributed by atoms with Crippen molar-refractivity contribution in [2.45, 2.75) is 20.3 Å². The van der Waals surface area contributed by atoms with Crippen LogP contribution in [-0.4, -0.2) is 19.0 Å². The average Bonchev–Trinajstić information content (AvgIpc) is 2.24. The highest BCUT2D eigenvalue weighted by Crippen LogP contribution is 2.08. The molecule has 0 bridgehead atoms. The van der Waals surface area contributed by atoms with Crippen molar-refractivity contribution in [1.82, 2.24) is 0 Å². The summed E-state index contributed by atoms with van der Waals surface area (Å²) in [5.41, 5.74) is 2.82. The molecule has 0 aliphatic rings. The molecule has 0 atom stereocenters. The van der Waals surface area contributed by atoms with E-state index < -0.39 is 0 Å². The van der Waals surface area contributed by atoms with Gasteiger partial charge in [-0.3, -0.25) is 4.79 Å². The molecule has 0 aliphatic heterocycles. The largest absolute Gasteiger partial charge is 0.373 e. The summed E-state index contributed by atoms with van der Waals surface area (Å²) in [4.78, 5) is 11.8. The quantitative estimate of drug-likeness (QED) is 0.416. The first kappa shape index (κ1) is 12.7. The molecule has 0 aliphatic carbocycles. The van der Waals surface area contributed by atoms with E-state index in [0.29, 0.717) is 6.61 Å². The second-order valence-electron chi connectivity index (χ2n) is 4.00. The number of carbonyl (C=O) groups excluding carboxylic acids is 1. The molecule has 0 heterocycles. The number of carbonyl (C=O) groups is 1. The van der Waals surface area contributed by atoms with E-state index in [9.17, 15) is 4.79 Å². The first-order valence-corrected chi connectivity index (χ1v) is 5.42. The highest BCUT2D eigenvalue weighted by molar-refractivity contribution is 5.98. The summed E-state index contributed by atoms with van der Waals surface area (Å²) in [6.45, 7) is 8.38. The van der Waals surface area contributed by atoms with Gasteiger partial charge in [-0.15, -0.1) is 6.58 Å². The first-order valence-electron chi connectivity index (χ1n) is 5.42. The topological polar surface area (TPSA) is 26.3 Å². The maximum Gasteiger partial charge on any atom is 0.188 e. The van der Waals surface area contributed by atoms with Crippen LogP contribution in [0.25, 0.3) is 0 Å². The lowest BCUT2D eigenvalue weighted by molar-refractivity contribution is 0.0765. The minimum atomic E-state index is 0.0415. The highest BCUT2D eigenvalue weighted by atomic mass is 16.5. The summed E-state index contributed by atoms with van der Waals surface area (Å²) in [6, 6.07) is 7.56. The summed E-state index contributed by atoms with van der Waals surface area (Å²) in [7, 11) is 0. The Labute approximate surface area is 96.9 Å². The number of Topliss-reactive ketones (excluding diaryl/α,β-unsaturated/α-hetero) is 1. The molecular weight excluding hydrogens is 200 g/mol. The Morgan fingerprint density at radius 1 is 1.38 bits per heavy atom. The fourth-order valence-electron chi connectivity index (χ4n) is 1.37. The minimum absolute atomic E-state index is 0.0415. The lowest BCUT2D eigenvalue weighted by atomic mass is 10.1. The van der Waals surface area contributed by atoms with E-state index in [2.05, 4.69) is 6.58 Å². The Morgan fingerprint density at radius 2 is 2.06 bits per heavy atom. The number of ketones is 1. The van der Waals surface area contributed by atoms with Crippen molar-refractivity contribution in [2.75, 3.05) is 13.2 Å². The first-order chi connectivity index (χ1) is 7.61. The zero-order valence-electron chi connectivity index (χ0n) is 9.95. The highest BCUT2D eigenvalue weighted by Gasteiger charge is 2.07. The molecule has 0 fully saturated rings. The van der Waals surface area contributed by atoms with Crippen LogP contribution in [0.2, 0.25) is 0 Å². The normalized spacial score (nSPS) is 10.1. The molecule has 0 saturated heterocycles. The van der Waals surface area contributed by atoms with Crippen LogP contribution in [0.3, 0.4) is 0 Å². The van der Waals surface area contributed by atoms with E-state index in [1.54, 1.807) is 0 Å². The van der Waals surface area contributed by atoms with Gasteiger partial charge in [-0.25, -0.2) is 0 Å². The fraction of sp³-hybridized carbons (Fsp3) is 0.357. The lowest BCUT2D eigenvalue weighted by Gasteiger charge is -2.05. The third-order valence-electron chi connectivity index (χ3n) is 2.35. The standard InChI is InChI=1S/C14H18O2/c1-11(2)8-9-16-10-14(15)13-7-5-4-6-12(13)3/h4-7H,1,8-10H2,2-3H3. The maximum atomic E-state index is 11.8. The molecule has 1 rings (SSSR count). The zero-order valence-corrected chi connectivity index (χ0v) is 9.95. The molecule has 1 aromatic rings. The molecule has 0 amide bonds. The predicted octanol–water partition coefficient (Wildman–Crippen LogP) is 3.16. The van der Waals surface area contributed by atoms with Gasteiger partial charge < -0.3 is 4.74 Å². The van der Waals surface area contributed by atoms with E-state index in [1.165, 1.54) is 0 Å². The molecular formula is C14H18O2. The van der Waals surface area contributed by atoms with Gasteiger partial charge in [-0.05, 0) is 25.8 Å². The molecule has 0 spiro atoms. The molecule has 2 nitrogen and oxygen atoms in total. The van der Waals surface area contributed by atoms with Crippen LogP contribution >= 0.6 is 0 Å². The van der Waals surface area contributed by atoms with Gasteiger partial charge in [0, 0.05) is 5.56 Å². The number of aryl methyl sites for hydroxylation is 1. The van der Waals surface area contributed by atoms with Gasteiger partial charge in [0.15, 0.2) is 5.78 Å². The van der Waals surface area contributed by atoms with Crippen LogP contribution in [0.5, 0.6) is 0 Å². The van der Waals surface area contributed by atoms with Crippen LogP contribution < -0.4 is 0 Å². The van der Waals surface area contributed by atoms with Crippen molar-refractivity contribution in [1.29, 1.82) is 0 Å². The monoisotopic (exact) mass is 218 g/mol. The summed E-state index contributed by atoms with van der Waals surface area (Å²) in [5.74, 6) is 0.0415. The van der Waals surface area contributed by atoms with E-state index in [0.717, 1.165) is 23.1 Å². The second kappa shape index (κ2) is 6.23. The number of benzene rings is 1. The van der Waals surface area contributed by atoms with Crippen molar-refractivity contribution in [3.05, 3.63) is 47.5 Å². The van der Waals surface area contributed by atoms with Crippen LogP contribution in [0, 0.1) is 6.92 Å². The van der Waals surface area contributed by atoms with Crippen molar-refractivity contribution < 1.29 is 9.53 Å². The number of hydrogen-bond donors (Lipinski definition) is 0. The molecule has 2 heteroatoms. The second-order valence-corrected chi connectivity index (χ2v) is 4.00. The average molecular weight is 218 g/mol. The molecule has 0 N–H and O–H groups in total. The molecule has 0 aromatic heterocycles. The summed E-state index contributed by atoms with van der Waals surface area (Å²) in [6.07, 6.45) is 0.807. The molecule has 0 unspecified atom stereocenters. The van der Waals surface area contributed by atoms with Gasteiger partial charge in [0.25, 0.3) is 0 Å². The van der Waals surface area contributed by atoms with Crippen LogP contribution in [0.4, 0.5) is 0 Å². The molecule has 0 radical (unpaired) electrons. The van der Waals surface area contributed by atoms with E-state index in [1.807, 2.05) is 38.1 Å². The Morgan fingerprint density at radius 3 is 2.69 bits per heavy atom. The van der Waals surface area contributed by atoms with E-state index in [4.69, 9.17) is 4.74 Å². The van der Waals surface area contributed by atoms with Crippen LogP contribution in [-0.2, 0) is 4.74 Å². The van der Waals surface area contributed by atoms with Crippen molar-refractivity contribution in [3.8, 4) is 0 Å². The molecule has 0 saturated carbocycles. The van der Waals surface area contributed by atoms with Gasteiger partial charge in [0.05, 0.1) is 6.61 Å². The van der Waals surface area contributed by atoms with Crippen molar-refractivity contribution >= 4 is 5.78 Å². The zero-order chi connectivity index (χ0) is 12.0. The summed E-state index contributed by atoms with van der Waals surface area (Å²) in [5, 5.41) is 0. The molecule has 16 heavy (non-hydrogen) atoms. The van der Waals surface area contributed by atoms with E-state index >= 15 is 0 Å². The fourth-order valence-corrected chi connectivity index (χ4v) is 1.37. The third-order valence-corrected chi connectivity index (χ3v) is 2.35. The van der Waals surface area contributed by atoms with Crippen molar-refractivity contribution in [2.24, 2.45) is 0 Å². The summed E-state index contributed by atoms with van der Waals surface area (Å²) < 4.78 is 5.31. The maximum absolute atomic E-state index is 11.8. The Kier molecular flexibility index (Phi) is 4.93. The van der Waals surface area contributed by atoms with Gasteiger partial charge >= 0.3 is 0 Å². The van der Waals surface area contributed by atoms with Crippen LogP contribution in [0.15, 0.2) is 36.4 Å². The third kappa shape index (κ3) is 3.99. The van der Waals surface area contributed by atoms with E-state index in [-0.39, 0.29) is 12.4 Å². The summed E-state index contributed by atoms with van der Waals surface area (Å²) >= 11 is 0. The smallest absolute Gasteiger partial charge is 0.188 e. The number of rotatable bonds is 6. The number of ether oxygens (including phenoxy) is 1. The van der Waals surface area contributed by atoms with Crippen molar-refractivity contribution in [3.63, 3.8) is 0 Å². The number of hydrogen-bond acceptors (Lipinski definition) is 2. The lowest BCUT2D eigenvalue weighted by Crippen LogP contribution is -2.11. The Hall–Kier alpha value is -1.41. The van der Waals surface area contributed by atoms with Crippen LogP contribution in [0.1, 0.15) is 29.3 Å². The van der Waals surface area contributed by atoms with Gasteiger partial charge in [0.1, 0.15) is 6.61 Å². The minimum Gasteiger partial charge on any atom is -0.373 e. The molecule has 1 aromatic carbocycles. The molecule has 86 valence electrons. The Bertz CT molecular complexity index is 380. The van der Waals surface area contributed by atoms with Gasteiger partial charge in [-0.1, -0.05) is 29.8 Å². The van der Waals surface area contributed by atoms with Gasteiger partial charge in [-0.2, -0.15) is 0 Å².